The van der Waals surface area contributed by atoms with E-state index < -0.39 is 29.8 Å². The first kappa shape index (κ1) is 26.3. The topological polar surface area (TPSA) is 86.6 Å². The Balaban J connectivity index is 1.86. The monoisotopic (exact) mass is 514 g/mol. The summed E-state index contributed by atoms with van der Waals surface area (Å²) in [5.74, 6) is -2.46. The van der Waals surface area contributed by atoms with Gasteiger partial charge in [0.05, 0.1) is 12.3 Å². The highest BCUT2D eigenvalue weighted by molar-refractivity contribution is 6.07. The van der Waals surface area contributed by atoms with Gasteiger partial charge in [0, 0.05) is 30.8 Å². The number of rotatable bonds is 9. The molecule has 1 amide bonds. The van der Waals surface area contributed by atoms with Gasteiger partial charge in [0.1, 0.15) is 5.82 Å². The zero-order valence-electron chi connectivity index (χ0n) is 21.0. The number of amides is 1. The van der Waals surface area contributed by atoms with Gasteiger partial charge in [0.2, 0.25) is 6.10 Å². The zero-order chi connectivity index (χ0) is 27.1. The smallest absolute Gasteiger partial charge is 0.357 e. The number of hydrogen-bond donors (Lipinski definition) is 1. The summed E-state index contributed by atoms with van der Waals surface area (Å²) in [5, 5.41) is 2.79. The van der Waals surface area contributed by atoms with Gasteiger partial charge in [-0.1, -0.05) is 72.8 Å². The second-order valence-corrected chi connectivity index (χ2v) is 8.50. The van der Waals surface area contributed by atoms with E-state index in [0.717, 1.165) is 5.56 Å². The Bertz CT molecular complexity index is 1430. The molecule has 0 aliphatic rings. The third-order valence-corrected chi connectivity index (χ3v) is 5.75. The van der Waals surface area contributed by atoms with Gasteiger partial charge in [0.25, 0.3) is 5.91 Å². The van der Waals surface area contributed by atoms with Crippen LogP contribution in [0.2, 0.25) is 0 Å². The predicted octanol–water partition coefficient (Wildman–Crippen LogP) is 5.76. The normalized spacial score (nSPS) is 11.4. The van der Waals surface area contributed by atoms with E-state index >= 15 is 0 Å². The molecule has 3 aromatic carbocycles. The number of carbonyl (C=O) groups excluding carboxylic acids is 3. The average molecular weight is 515 g/mol. The van der Waals surface area contributed by atoms with Crippen LogP contribution in [0.25, 0.3) is 11.1 Å². The molecule has 7 nitrogen and oxygen atoms in total. The SMILES string of the molecule is CCOC(=O)c1c(NC(=O)[C@@H](OC(C)=O)c2ccccc2)c(-c2cccc(F)c2)cn1Cc1ccccc1. The summed E-state index contributed by atoms with van der Waals surface area (Å²) in [6, 6.07) is 23.8. The van der Waals surface area contributed by atoms with Crippen molar-refractivity contribution < 1.29 is 28.2 Å². The maximum atomic E-state index is 14.2. The van der Waals surface area contributed by atoms with Gasteiger partial charge < -0.3 is 19.4 Å². The Kier molecular flexibility index (Phi) is 8.33. The fraction of sp³-hybridized carbons (Fsp3) is 0.167. The Hall–Kier alpha value is -4.72. The molecule has 1 heterocycles. The molecule has 0 spiro atoms. The van der Waals surface area contributed by atoms with Crippen LogP contribution in [0.15, 0.2) is 91.1 Å². The highest BCUT2D eigenvalue weighted by atomic mass is 19.1. The minimum Gasteiger partial charge on any atom is -0.461 e. The molecule has 4 rings (SSSR count). The molecule has 0 fully saturated rings. The number of nitrogens with zero attached hydrogens (tertiary/aromatic N) is 1. The third kappa shape index (κ3) is 6.15. The molecule has 0 aliphatic heterocycles. The molecule has 194 valence electrons. The Morgan fingerprint density at radius 3 is 2.26 bits per heavy atom. The fourth-order valence-corrected chi connectivity index (χ4v) is 4.14. The van der Waals surface area contributed by atoms with Crippen molar-refractivity contribution in [3.8, 4) is 11.1 Å². The number of nitrogens with one attached hydrogen (secondary N) is 1. The molecule has 1 aromatic heterocycles. The first-order valence-electron chi connectivity index (χ1n) is 12.1. The maximum absolute atomic E-state index is 14.2. The highest BCUT2D eigenvalue weighted by Crippen LogP contribution is 2.36. The van der Waals surface area contributed by atoms with Crippen LogP contribution < -0.4 is 5.32 Å². The summed E-state index contributed by atoms with van der Waals surface area (Å²) in [5.41, 5.74) is 2.42. The highest BCUT2D eigenvalue weighted by Gasteiger charge is 2.30. The van der Waals surface area contributed by atoms with Crippen LogP contribution in [0.1, 0.15) is 41.6 Å². The van der Waals surface area contributed by atoms with Gasteiger partial charge in [-0.05, 0) is 30.2 Å². The Morgan fingerprint density at radius 2 is 1.63 bits per heavy atom. The lowest BCUT2D eigenvalue weighted by molar-refractivity contribution is -0.152. The van der Waals surface area contributed by atoms with Crippen molar-refractivity contribution in [2.24, 2.45) is 0 Å². The van der Waals surface area contributed by atoms with Crippen LogP contribution in [-0.2, 0) is 25.6 Å². The van der Waals surface area contributed by atoms with Crippen molar-refractivity contribution in [3.63, 3.8) is 0 Å². The quantitative estimate of drug-likeness (QED) is 0.287. The summed E-state index contributed by atoms with van der Waals surface area (Å²) in [4.78, 5) is 38.7. The number of hydrogen-bond acceptors (Lipinski definition) is 5. The van der Waals surface area contributed by atoms with Crippen molar-refractivity contribution in [1.82, 2.24) is 4.57 Å². The number of carbonyl (C=O) groups is 3. The molecule has 8 heteroatoms. The van der Waals surface area contributed by atoms with Crippen LogP contribution in [-0.4, -0.2) is 29.0 Å². The molecule has 0 bridgehead atoms. The van der Waals surface area contributed by atoms with E-state index in [9.17, 15) is 18.8 Å². The minimum atomic E-state index is -1.28. The second-order valence-electron chi connectivity index (χ2n) is 8.50. The van der Waals surface area contributed by atoms with Gasteiger partial charge in [0.15, 0.2) is 5.69 Å². The Morgan fingerprint density at radius 1 is 0.947 bits per heavy atom. The van der Waals surface area contributed by atoms with E-state index in [1.165, 1.54) is 19.1 Å². The summed E-state index contributed by atoms with van der Waals surface area (Å²) in [7, 11) is 0. The maximum Gasteiger partial charge on any atom is 0.357 e. The van der Waals surface area contributed by atoms with E-state index in [4.69, 9.17) is 9.47 Å². The lowest BCUT2D eigenvalue weighted by Gasteiger charge is -2.18. The molecule has 0 saturated heterocycles. The summed E-state index contributed by atoms with van der Waals surface area (Å²) in [6.07, 6.45) is 0.397. The molecule has 0 saturated carbocycles. The second kappa shape index (κ2) is 12.0. The van der Waals surface area contributed by atoms with E-state index in [2.05, 4.69) is 5.32 Å². The summed E-state index contributed by atoms with van der Waals surface area (Å²) >= 11 is 0. The number of ether oxygens (including phenoxy) is 2. The zero-order valence-corrected chi connectivity index (χ0v) is 21.0. The molecule has 0 aliphatic carbocycles. The third-order valence-electron chi connectivity index (χ3n) is 5.75. The number of aromatic nitrogens is 1. The fourth-order valence-electron chi connectivity index (χ4n) is 4.14. The molecular formula is C30H27FN2O5. The van der Waals surface area contributed by atoms with Gasteiger partial charge in [-0.2, -0.15) is 0 Å². The first-order chi connectivity index (χ1) is 18.4. The minimum absolute atomic E-state index is 0.0814. The van der Waals surface area contributed by atoms with Crippen molar-refractivity contribution in [2.75, 3.05) is 11.9 Å². The standard InChI is InChI=1S/C30H27FN2O5/c1-3-37-30(36)27-26(32-29(35)28(38-20(2)34)22-13-8-5-9-14-22)25(23-15-10-16-24(31)17-23)19-33(27)18-21-11-6-4-7-12-21/h4-17,19,28H,3,18H2,1-2H3,(H,32,35)/t28-/m0/s1. The van der Waals surface area contributed by atoms with Crippen LogP contribution in [0, 0.1) is 5.82 Å². The first-order valence-corrected chi connectivity index (χ1v) is 12.1. The van der Waals surface area contributed by atoms with E-state index in [0.29, 0.717) is 23.2 Å². The van der Waals surface area contributed by atoms with Crippen LogP contribution in [0.3, 0.4) is 0 Å². The number of anilines is 1. The predicted molar refractivity (Wildman–Crippen MR) is 141 cm³/mol. The van der Waals surface area contributed by atoms with E-state index in [-0.39, 0.29) is 18.0 Å². The Labute approximate surface area is 219 Å². The van der Waals surface area contributed by atoms with Gasteiger partial charge in [-0.25, -0.2) is 9.18 Å². The summed E-state index contributed by atoms with van der Waals surface area (Å²) < 4.78 is 26.6. The number of halogens is 1. The van der Waals surface area contributed by atoms with Crippen LogP contribution in [0.5, 0.6) is 0 Å². The van der Waals surface area contributed by atoms with Gasteiger partial charge >= 0.3 is 11.9 Å². The molecule has 0 unspecified atom stereocenters. The summed E-state index contributed by atoms with van der Waals surface area (Å²) in [6.45, 7) is 3.29. The van der Waals surface area contributed by atoms with Crippen LogP contribution in [0.4, 0.5) is 10.1 Å². The van der Waals surface area contributed by atoms with Crippen molar-refractivity contribution in [3.05, 3.63) is 114 Å². The lowest BCUT2D eigenvalue weighted by Crippen LogP contribution is -2.26. The van der Waals surface area contributed by atoms with Crippen molar-refractivity contribution in [1.29, 1.82) is 0 Å². The molecule has 1 atom stereocenters. The number of esters is 2. The van der Waals surface area contributed by atoms with Crippen molar-refractivity contribution >= 4 is 23.5 Å². The van der Waals surface area contributed by atoms with Crippen molar-refractivity contribution in [2.45, 2.75) is 26.5 Å². The average Bonchev–Trinajstić information content (AvgIpc) is 3.25. The van der Waals surface area contributed by atoms with Gasteiger partial charge in [-0.3, -0.25) is 9.59 Å². The molecular weight excluding hydrogens is 487 g/mol. The lowest BCUT2D eigenvalue weighted by atomic mass is 10.1. The van der Waals surface area contributed by atoms with Crippen LogP contribution >= 0.6 is 0 Å². The van der Waals surface area contributed by atoms with E-state index in [1.807, 2.05) is 30.3 Å². The van der Waals surface area contributed by atoms with Gasteiger partial charge in [-0.15, -0.1) is 0 Å². The largest absolute Gasteiger partial charge is 0.461 e. The molecule has 38 heavy (non-hydrogen) atoms. The molecule has 1 N–H and O–H groups in total. The number of benzene rings is 3. The van der Waals surface area contributed by atoms with E-state index in [1.54, 1.807) is 60.2 Å². The molecule has 4 aromatic rings. The molecule has 0 radical (unpaired) electrons.